The number of piperazine rings is 1. The molecule has 1 aromatic rings. The van der Waals surface area contributed by atoms with E-state index in [4.69, 9.17) is 0 Å². The number of rotatable bonds is 3. The number of hydrogen-bond donors (Lipinski definition) is 1. The Balaban J connectivity index is 2.03. The Labute approximate surface area is 121 Å². The zero-order valence-electron chi connectivity index (χ0n) is 12.7. The van der Waals surface area contributed by atoms with Crippen LogP contribution in [-0.4, -0.2) is 42.6 Å². The summed E-state index contributed by atoms with van der Waals surface area (Å²) in [5.41, 5.74) is 1.24. The van der Waals surface area contributed by atoms with E-state index >= 15 is 0 Å². The second-order valence-corrected chi connectivity index (χ2v) is 5.58. The van der Waals surface area contributed by atoms with Crippen LogP contribution in [-0.2, 0) is 0 Å². The molecule has 20 heavy (non-hydrogen) atoms. The van der Waals surface area contributed by atoms with E-state index in [-0.39, 0.29) is 6.03 Å². The molecular weight excluding hydrogens is 250 g/mol. The van der Waals surface area contributed by atoms with Gasteiger partial charge in [0.1, 0.15) is 0 Å². The molecule has 2 amide bonds. The third kappa shape index (κ3) is 3.24. The number of carbonyl (C=O) groups excluding carboxylic acids is 1. The van der Waals surface area contributed by atoms with Gasteiger partial charge in [-0.05, 0) is 32.4 Å². The first-order valence-corrected chi connectivity index (χ1v) is 7.49. The number of urea groups is 1. The van der Waals surface area contributed by atoms with Gasteiger partial charge in [-0.1, -0.05) is 25.1 Å². The van der Waals surface area contributed by atoms with Gasteiger partial charge in [-0.2, -0.15) is 0 Å². The Kier molecular flexibility index (Phi) is 4.88. The molecule has 1 saturated heterocycles. The van der Waals surface area contributed by atoms with Gasteiger partial charge >= 0.3 is 6.03 Å². The quantitative estimate of drug-likeness (QED) is 0.920. The van der Waals surface area contributed by atoms with Gasteiger partial charge in [-0.25, -0.2) is 4.79 Å². The smallest absolute Gasteiger partial charge is 0.317 e. The SMILES string of the molecule is CCCNC(=O)N1CC(C)N(c2ccccc2)C(C)C1. The minimum atomic E-state index is 0.0678. The lowest BCUT2D eigenvalue weighted by Crippen LogP contribution is -2.60. The van der Waals surface area contributed by atoms with Crippen LogP contribution in [0.5, 0.6) is 0 Å². The fraction of sp³-hybridized carbons (Fsp3) is 0.562. The van der Waals surface area contributed by atoms with Gasteiger partial charge in [0, 0.05) is 37.4 Å². The third-order valence-corrected chi connectivity index (χ3v) is 3.79. The summed E-state index contributed by atoms with van der Waals surface area (Å²) in [5, 5.41) is 2.97. The van der Waals surface area contributed by atoms with Crippen LogP contribution in [0.25, 0.3) is 0 Å². The van der Waals surface area contributed by atoms with Crippen LogP contribution >= 0.6 is 0 Å². The predicted octanol–water partition coefficient (Wildman–Crippen LogP) is 2.71. The predicted molar refractivity (Wildman–Crippen MR) is 83.1 cm³/mol. The molecule has 1 heterocycles. The number of anilines is 1. The summed E-state index contributed by atoms with van der Waals surface area (Å²) in [5.74, 6) is 0. The van der Waals surface area contributed by atoms with Gasteiger partial charge in [-0.15, -0.1) is 0 Å². The van der Waals surface area contributed by atoms with Crippen molar-refractivity contribution < 1.29 is 4.79 Å². The molecule has 0 saturated carbocycles. The van der Waals surface area contributed by atoms with Crippen molar-refractivity contribution in [3.63, 3.8) is 0 Å². The normalized spacial score (nSPS) is 22.8. The number of nitrogens with zero attached hydrogens (tertiary/aromatic N) is 2. The summed E-state index contributed by atoms with van der Waals surface area (Å²) in [6.07, 6.45) is 0.973. The molecule has 1 fully saturated rings. The molecule has 0 aliphatic carbocycles. The van der Waals surface area contributed by atoms with Gasteiger partial charge in [-0.3, -0.25) is 0 Å². The zero-order chi connectivity index (χ0) is 14.5. The minimum Gasteiger partial charge on any atom is -0.363 e. The lowest BCUT2D eigenvalue weighted by molar-refractivity contribution is 0.176. The summed E-state index contributed by atoms with van der Waals surface area (Å²) in [7, 11) is 0. The molecule has 4 heteroatoms. The van der Waals surface area contributed by atoms with Crippen molar-refractivity contribution in [3.8, 4) is 0 Å². The molecule has 1 aromatic carbocycles. The molecule has 1 N–H and O–H groups in total. The molecule has 2 unspecified atom stereocenters. The van der Waals surface area contributed by atoms with E-state index in [0.29, 0.717) is 12.1 Å². The van der Waals surface area contributed by atoms with Crippen molar-refractivity contribution in [1.29, 1.82) is 0 Å². The largest absolute Gasteiger partial charge is 0.363 e. The molecule has 2 rings (SSSR count). The standard InChI is InChI=1S/C16H25N3O/c1-4-10-17-16(20)18-11-13(2)19(14(3)12-18)15-8-6-5-7-9-15/h5-9,13-14H,4,10-12H2,1-3H3,(H,17,20). The number of para-hydroxylation sites is 1. The van der Waals surface area contributed by atoms with Gasteiger partial charge < -0.3 is 15.1 Å². The highest BCUT2D eigenvalue weighted by molar-refractivity contribution is 5.74. The first-order valence-electron chi connectivity index (χ1n) is 7.49. The molecule has 2 atom stereocenters. The number of carbonyl (C=O) groups is 1. The first-order chi connectivity index (χ1) is 9.63. The zero-order valence-corrected chi connectivity index (χ0v) is 12.7. The van der Waals surface area contributed by atoms with Crippen LogP contribution in [0.2, 0.25) is 0 Å². The van der Waals surface area contributed by atoms with Gasteiger partial charge in [0.2, 0.25) is 0 Å². The molecule has 1 aliphatic rings. The average molecular weight is 275 g/mol. The van der Waals surface area contributed by atoms with E-state index in [1.54, 1.807) is 0 Å². The van der Waals surface area contributed by atoms with E-state index in [1.165, 1.54) is 5.69 Å². The van der Waals surface area contributed by atoms with Gasteiger partial charge in [0.25, 0.3) is 0 Å². The second-order valence-electron chi connectivity index (χ2n) is 5.58. The number of hydrogen-bond acceptors (Lipinski definition) is 2. The monoisotopic (exact) mass is 275 g/mol. The molecule has 0 spiro atoms. The van der Waals surface area contributed by atoms with E-state index in [1.807, 2.05) is 11.0 Å². The Morgan fingerprint density at radius 1 is 1.20 bits per heavy atom. The van der Waals surface area contributed by atoms with Crippen LogP contribution in [0, 0.1) is 0 Å². The molecule has 0 radical (unpaired) electrons. The Bertz CT molecular complexity index is 423. The lowest BCUT2D eigenvalue weighted by atomic mass is 10.1. The molecule has 110 valence electrons. The number of amides is 2. The minimum absolute atomic E-state index is 0.0678. The molecule has 0 bridgehead atoms. The fourth-order valence-corrected chi connectivity index (χ4v) is 2.94. The van der Waals surface area contributed by atoms with Crippen molar-refractivity contribution in [1.82, 2.24) is 10.2 Å². The Hall–Kier alpha value is -1.71. The highest BCUT2D eigenvalue weighted by atomic mass is 16.2. The van der Waals surface area contributed by atoms with Crippen LogP contribution < -0.4 is 10.2 Å². The van der Waals surface area contributed by atoms with Crippen LogP contribution in [0.15, 0.2) is 30.3 Å². The summed E-state index contributed by atoms with van der Waals surface area (Å²) in [4.78, 5) is 16.4. The van der Waals surface area contributed by atoms with Crippen molar-refractivity contribution in [2.24, 2.45) is 0 Å². The van der Waals surface area contributed by atoms with E-state index in [2.05, 4.69) is 55.3 Å². The fourth-order valence-electron chi connectivity index (χ4n) is 2.94. The summed E-state index contributed by atoms with van der Waals surface area (Å²) in [6.45, 7) is 8.73. The van der Waals surface area contributed by atoms with Gasteiger partial charge in [0.05, 0.1) is 0 Å². The molecular formula is C16H25N3O. The van der Waals surface area contributed by atoms with Crippen molar-refractivity contribution >= 4 is 11.7 Å². The van der Waals surface area contributed by atoms with Crippen molar-refractivity contribution in [2.75, 3.05) is 24.5 Å². The topological polar surface area (TPSA) is 35.6 Å². The van der Waals surface area contributed by atoms with Gasteiger partial charge in [0.15, 0.2) is 0 Å². The van der Waals surface area contributed by atoms with Crippen LogP contribution in [0.3, 0.4) is 0 Å². The number of benzene rings is 1. The molecule has 0 aromatic heterocycles. The maximum Gasteiger partial charge on any atom is 0.317 e. The lowest BCUT2D eigenvalue weighted by Gasteiger charge is -2.45. The highest BCUT2D eigenvalue weighted by Crippen LogP contribution is 2.24. The van der Waals surface area contributed by atoms with Crippen LogP contribution in [0.1, 0.15) is 27.2 Å². The second kappa shape index (κ2) is 6.64. The van der Waals surface area contributed by atoms with E-state index in [0.717, 1.165) is 26.1 Å². The third-order valence-electron chi connectivity index (χ3n) is 3.79. The maximum atomic E-state index is 12.1. The average Bonchev–Trinajstić information content (AvgIpc) is 2.45. The highest BCUT2D eigenvalue weighted by Gasteiger charge is 2.31. The number of nitrogens with one attached hydrogen (secondary N) is 1. The van der Waals surface area contributed by atoms with E-state index < -0.39 is 0 Å². The Morgan fingerprint density at radius 3 is 2.35 bits per heavy atom. The summed E-state index contributed by atoms with van der Waals surface area (Å²) in [6, 6.07) is 11.2. The maximum absolute atomic E-state index is 12.1. The molecule has 4 nitrogen and oxygen atoms in total. The summed E-state index contributed by atoms with van der Waals surface area (Å²) < 4.78 is 0. The molecule has 1 aliphatic heterocycles. The van der Waals surface area contributed by atoms with Crippen molar-refractivity contribution in [3.05, 3.63) is 30.3 Å². The first kappa shape index (κ1) is 14.7. The Morgan fingerprint density at radius 2 is 1.80 bits per heavy atom. The van der Waals surface area contributed by atoms with Crippen molar-refractivity contribution in [2.45, 2.75) is 39.3 Å². The van der Waals surface area contributed by atoms with Crippen LogP contribution in [0.4, 0.5) is 10.5 Å². The van der Waals surface area contributed by atoms with E-state index in [9.17, 15) is 4.79 Å². The summed E-state index contributed by atoms with van der Waals surface area (Å²) >= 11 is 0.